The Bertz CT molecular complexity index is 273. The summed E-state index contributed by atoms with van der Waals surface area (Å²) in [4.78, 5) is 0. The van der Waals surface area contributed by atoms with Gasteiger partial charge in [-0.25, -0.2) is 8.78 Å². The molecule has 1 aromatic carbocycles. The summed E-state index contributed by atoms with van der Waals surface area (Å²) in [6.07, 6.45) is 0. The largest absolute Gasteiger partial charge is 0.330 e. The number of hydrogen-bond donors (Lipinski definition) is 1. The lowest BCUT2D eigenvalue weighted by Gasteiger charge is -2.09. The Morgan fingerprint density at radius 2 is 2.08 bits per heavy atom. The molecule has 0 amide bonds. The normalized spacial score (nSPS) is 13.0. The molecule has 1 rings (SSSR count). The molecule has 0 saturated heterocycles. The van der Waals surface area contributed by atoms with Crippen LogP contribution in [0.3, 0.4) is 0 Å². The molecule has 0 aliphatic carbocycles. The first kappa shape index (κ1) is 9.13. The molecule has 3 heteroatoms. The molecule has 0 radical (unpaired) electrons. The molecule has 12 heavy (non-hydrogen) atoms. The van der Waals surface area contributed by atoms with E-state index in [4.69, 9.17) is 5.73 Å². The third kappa shape index (κ3) is 1.61. The van der Waals surface area contributed by atoms with E-state index >= 15 is 0 Å². The maximum atomic E-state index is 13.0. The van der Waals surface area contributed by atoms with E-state index in [0.29, 0.717) is 12.1 Å². The second-order valence-electron chi connectivity index (χ2n) is 2.78. The van der Waals surface area contributed by atoms with Crippen molar-refractivity contribution in [3.63, 3.8) is 0 Å². The van der Waals surface area contributed by atoms with E-state index in [1.165, 1.54) is 6.07 Å². The highest BCUT2D eigenvalue weighted by Gasteiger charge is 2.11. The number of halogens is 2. The van der Waals surface area contributed by atoms with Crippen LogP contribution in [0, 0.1) is 11.6 Å². The molecule has 0 saturated carbocycles. The number of nitrogens with two attached hydrogens (primary N) is 1. The smallest absolute Gasteiger partial charge is 0.162 e. The SMILES string of the molecule is C[C@H](CN)c1cccc(F)c1F. The molecular weight excluding hydrogens is 160 g/mol. The van der Waals surface area contributed by atoms with E-state index in [1.54, 1.807) is 13.0 Å². The van der Waals surface area contributed by atoms with Crippen LogP contribution in [0.4, 0.5) is 8.78 Å². The summed E-state index contributed by atoms with van der Waals surface area (Å²) >= 11 is 0. The molecule has 0 bridgehead atoms. The fourth-order valence-corrected chi connectivity index (χ4v) is 1.03. The molecule has 0 aliphatic heterocycles. The molecule has 0 heterocycles. The molecule has 0 unspecified atom stereocenters. The summed E-state index contributed by atoms with van der Waals surface area (Å²) in [6.45, 7) is 2.08. The summed E-state index contributed by atoms with van der Waals surface area (Å²) in [6, 6.07) is 4.14. The van der Waals surface area contributed by atoms with Crippen LogP contribution in [0.2, 0.25) is 0 Å². The van der Waals surface area contributed by atoms with Crippen LogP contribution in [0.5, 0.6) is 0 Å². The van der Waals surface area contributed by atoms with Crippen LogP contribution in [0.15, 0.2) is 18.2 Å². The Balaban J connectivity index is 3.07. The predicted molar refractivity (Wildman–Crippen MR) is 43.8 cm³/mol. The first-order chi connectivity index (χ1) is 5.66. The average molecular weight is 171 g/mol. The van der Waals surface area contributed by atoms with Crippen LogP contribution < -0.4 is 5.73 Å². The molecular formula is C9H11F2N. The second-order valence-corrected chi connectivity index (χ2v) is 2.78. The van der Waals surface area contributed by atoms with E-state index < -0.39 is 11.6 Å². The van der Waals surface area contributed by atoms with Gasteiger partial charge in [-0.15, -0.1) is 0 Å². The van der Waals surface area contributed by atoms with Gasteiger partial charge >= 0.3 is 0 Å². The first-order valence-electron chi connectivity index (χ1n) is 3.80. The summed E-state index contributed by atoms with van der Waals surface area (Å²) in [5.74, 6) is -1.73. The van der Waals surface area contributed by atoms with Gasteiger partial charge in [0.1, 0.15) is 0 Å². The van der Waals surface area contributed by atoms with Crippen molar-refractivity contribution < 1.29 is 8.78 Å². The lowest BCUT2D eigenvalue weighted by atomic mass is 10.0. The highest BCUT2D eigenvalue weighted by molar-refractivity contribution is 5.22. The molecule has 1 atom stereocenters. The molecule has 0 aliphatic rings. The van der Waals surface area contributed by atoms with Crippen molar-refractivity contribution in [3.05, 3.63) is 35.4 Å². The predicted octanol–water partition coefficient (Wildman–Crippen LogP) is 2.03. The van der Waals surface area contributed by atoms with Gasteiger partial charge in [-0.2, -0.15) is 0 Å². The second kappa shape index (κ2) is 3.63. The van der Waals surface area contributed by atoms with Crippen LogP contribution in [0.1, 0.15) is 18.4 Å². The van der Waals surface area contributed by atoms with E-state index in [9.17, 15) is 8.78 Å². The van der Waals surface area contributed by atoms with Gasteiger partial charge in [-0.1, -0.05) is 19.1 Å². The topological polar surface area (TPSA) is 26.0 Å². The minimum absolute atomic E-state index is 0.138. The Kier molecular flexibility index (Phi) is 2.76. The minimum atomic E-state index is -0.812. The number of hydrogen-bond acceptors (Lipinski definition) is 1. The molecule has 0 spiro atoms. The van der Waals surface area contributed by atoms with Gasteiger partial charge in [0.05, 0.1) is 0 Å². The van der Waals surface area contributed by atoms with Crippen molar-refractivity contribution in [3.8, 4) is 0 Å². The Morgan fingerprint density at radius 3 is 2.67 bits per heavy atom. The van der Waals surface area contributed by atoms with Crippen molar-refractivity contribution in [1.29, 1.82) is 0 Å². The Labute approximate surface area is 70.2 Å². The maximum absolute atomic E-state index is 13.0. The van der Waals surface area contributed by atoms with Gasteiger partial charge in [-0.05, 0) is 24.1 Å². The quantitative estimate of drug-likeness (QED) is 0.723. The number of benzene rings is 1. The van der Waals surface area contributed by atoms with Crippen molar-refractivity contribution in [2.75, 3.05) is 6.54 Å². The lowest BCUT2D eigenvalue weighted by Crippen LogP contribution is -2.11. The highest BCUT2D eigenvalue weighted by atomic mass is 19.2. The van der Waals surface area contributed by atoms with Crippen LogP contribution >= 0.6 is 0 Å². The fourth-order valence-electron chi connectivity index (χ4n) is 1.03. The van der Waals surface area contributed by atoms with Crippen molar-refractivity contribution >= 4 is 0 Å². The monoisotopic (exact) mass is 171 g/mol. The molecule has 2 N–H and O–H groups in total. The van der Waals surface area contributed by atoms with Gasteiger partial charge in [0.15, 0.2) is 11.6 Å². The number of rotatable bonds is 2. The van der Waals surface area contributed by atoms with Crippen molar-refractivity contribution in [1.82, 2.24) is 0 Å². The van der Waals surface area contributed by atoms with Gasteiger partial charge in [0, 0.05) is 0 Å². The molecule has 66 valence electrons. The van der Waals surface area contributed by atoms with Crippen LogP contribution in [-0.2, 0) is 0 Å². The Hall–Kier alpha value is -0.960. The van der Waals surface area contributed by atoms with E-state index in [-0.39, 0.29) is 5.92 Å². The van der Waals surface area contributed by atoms with Crippen LogP contribution in [0.25, 0.3) is 0 Å². The minimum Gasteiger partial charge on any atom is -0.330 e. The van der Waals surface area contributed by atoms with Crippen molar-refractivity contribution in [2.45, 2.75) is 12.8 Å². The van der Waals surface area contributed by atoms with E-state index in [2.05, 4.69) is 0 Å². The summed E-state index contributed by atoms with van der Waals surface area (Å²) in [5, 5.41) is 0. The zero-order valence-electron chi connectivity index (χ0n) is 6.85. The molecule has 1 aromatic rings. The molecule has 0 fully saturated rings. The zero-order valence-corrected chi connectivity index (χ0v) is 6.85. The van der Waals surface area contributed by atoms with Crippen molar-refractivity contribution in [2.24, 2.45) is 5.73 Å². The van der Waals surface area contributed by atoms with Gasteiger partial charge in [0.2, 0.25) is 0 Å². The summed E-state index contributed by atoms with van der Waals surface area (Å²) < 4.78 is 25.7. The van der Waals surface area contributed by atoms with E-state index in [1.807, 2.05) is 0 Å². The van der Waals surface area contributed by atoms with Crippen LogP contribution in [-0.4, -0.2) is 6.54 Å². The molecule has 1 nitrogen and oxygen atoms in total. The summed E-state index contributed by atoms with van der Waals surface area (Å²) in [7, 11) is 0. The highest BCUT2D eigenvalue weighted by Crippen LogP contribution is 2.19. The molecule has 0 aromatic heterocycles. The third-order valence-electron chi connectivity index (χ3n) is 1.87. The standard InChI is InChI=1S/C9H11F2N/c1-6(5-12)7-3-2-4-8(10)9(7)11/h2-4,6H,5,12H2,1H3/t6-/m1/s1. The Morgan fingerprint density at radius 1 is 1.42 bits per heavy atom. The third-order valence-corrected chi connectivity index (χ3v) is 1.87. The fraction of sp³-hybridized carbons (Fsp3) is 0.333. The van der Waals surface area contributed by atoms with Gasteiger partial charge in [0.25, 0.3) is 0 Å². The lowest BCUT2D eigenvalue weighted by molar-refractivity contribution is 0.491. The van der Waals surface area contributed by atoms with Gasteiger partial charge in [-0.3, -0.25) is 0 Å². The zero-order chi connectivity index (χ0) is 9.14. The summed E-state index contributed by atoms with van der Waals surface area (Å²) in [5.41, 5.74) is 5.68. The maximum Gasteiger partial charge on any atom is 0.162 e. The first-order valence-corrected chi connectivity index (χ1v) is 3.80. The van der Waals surface area contributed by atoms with E-state index in [0.717, 1.165) is 6.07 Å². The average Bonchev–Trinajstić information content (AvgIpc) is 2.08. The van der Waals surface area contributed by atoms with Gasteiger partial charge < -0.3 is 5.73 Å².